The van der Waals surface area contributed by atoms with Crippen molar-refractivity contribution in [1.29, 1.82) is 0 Å². The number of benzene rings is 3. The van der Waals surface area contributed by atoms with E-state index >= 15 is 0 Å². The molecule has 0 saturated heterocycles. The van der Waals surface area contributed by atoms with E-state index in [2.05, 4.69) is 22.2 Å². The highest BCUT2D eigenvalue weighted by atomic mass is 35.5. The number of carbonyl (C=O) groups is 1. The largest absolute Gasteiger partial charge is 0.484 e. The van der Waals surface area contributed by atoms with E-state index in [1.807, 2.05) is 12.1 Å². The van der Waals surface area contributed by atoms with E-state index in [0.29, 0.717) is 16.5 Å². The van der Waals surface area contributed by atoms with E-state index in [-0.39, 0.29) is 23.5 Å². The van der Waals surface area contributed by atoms with Crippen molar-refractivity contribution in [3.63, 3.8) is 0 Å². The van der Waals surface area contributed by atoms with Crippen LogP contribution in [0.15, 0.2) is 77.7 Å². The van der Waals surface area contributed by atoms with Gasteiger partial charge in [0.25, 0.3) is 15.9 Å². The van der Waals surface area contributed by atoms with Crippen LogP contribution in [0.3, 0.4) is 0 Å². The lowest BCUT2D eigenvalue weighted by atomic mass is 9.88. The van der Waals surface area contributed by atoms with Gasteiger partial charge in [-0.05, 0) is 78.9 Å². The van der Waals surface area contributed by atoms with Crippen LogP contribution in [-0.4, -0.2) is 20.9 Å². The highest BCUT2D eigenvalue weighted by molar-refractivity contribution is 7.92. The summed E-state index contributed by atoms with van der Waals surface area (Å²) in [5.74, 6) is 0.197. The fourth-order valence-electron chi connectivity index (χ4n) is 3.74. The van der Waals surface area contributed by atoms with Crippen molar-refractivity contribution in [2.24, 2.45) is 0 Å². The third-order valence-electron chi connectivity index (χ3n) is 5.31. The third kappa shape index (κ3) is 5.41. The summed E-state index contributed by atoms with van der Waals surface area (Å²) in [6, 6.07) is 20.4. The molecule has 0 bridgehead atoms. The van der Waals surface area contributed by atoms with Gasteiger partial charge in [-0.1, -0.05) is 35.9 Å². The molecule has 0 fully saturated rings. The summed E-state index contributed by atoms with van der Waals surface area (Å²) in [5, 5.41) is 3.55. The molecule has 0 aliphatic heterocycles. The van der Waals surface area contributed by atoms with Gasteiger partial charge >= 0.3 is 0 Å². The molecule has 0 spiro atoms. The van der Waals surface area contributed by atoms with Crippen molar-refractivity contribution in [3.8, 4) is 5.75 Å². The molecule has 1 aliphatic rings. The number of carbonyl (C=O) groups excluding carboxylic acids is 1. The van der Waals surface area contributed by atoms with Crippen molar-refractivity contribution in [2.45, 2.75) is 30.2 Å². The number of rotatable bonds is 7. The fraction of sp³-hybridized carbons (Fsp3) is 0.208. The molecule has 6 nitrogen and oxygen atoms in total. The van der Waals surface area contributed by atoms with E-state index in [9.17, 15) is 13.2 Å². The Morgan fingerprint density at radius 1 is 1.00 bits per heavy atom. The van der Waals surface area contributed by atoms with Crippen molar-refractivity contribution in [2.75, 3.05) is 11.3 Å². The summed E-state index contributed by atoms with van der Waals surface area (Å²) >= 11 is 5.83. The van der Waals surface area contributed by atoms with Gasteiger partial charge in [0.1, 0.15) is 5.75 Å². The van der Waals surface area contributed by atoms with Crippen LogP contribution in [0.25, 0.3) is 0 Å². The molecule has 0 saturated carbocycles. The van der Waals surface area contributed by atoms with E-state index in [4.69, 9.17) is 16.3 Å². The summed E-state index contributed by atoms with van der Waals surface area (Å²) in [5.41, 5.74) is 2.85. The fourth-order valence-corrected chi connectivity index (χ4v) is 4.92. The van der Waals surface area contributed by atoms with Gasteiger partial charge in [0.2, 0.25) is 0 Å². The van der Waals surface area contributed by atoms with Crippen LogP contribution in [0, 0.1) is 0 Å². The zero-order valence-electron chi connectivity index (χ0n) is 17.3. The molecule has 0 aromatic heterocycles. The molecule has 166 valence electrons. The molecular weight excluding hydrogens is 448 g/mol. The Morgan fingerprint density at radius 3 is 2.47 bits per heavy atom. The summed E-state index contributed by atoms with van der Waals surface area (Å²) in [4.78, 5) is 12.5. The van der Waals surface area contributed by atoms with Crippen LogP contribution in [-0.2, 0) is 21.2 Å². The van der Waals surface area contributed by atoms with Crippen LogP contribution in [0.4, 0.5) is 5.69 Å². The lowest BCUT2D eigenvalue weighted by molar-refractivity contribution is -0.124. The second kappa shape index (κ2) is 9.63. The van der Waals surface area contributed by atoms with Crippen LogP contribution in [0.2, 0.25) is 5.02 Å². The first kappa shape index (κ1) is 22.2. The van der Waals surface area contributed by atoms with Crippen molar-refractivity contribution >= 4 is 33.2 Å². The number of halogens is 1. The standard InChI is InChI=1S/C24H23ClN2O4S/c25-18-8-10-19(11-9-18)27-32(29,30)21-14-12-20(13-15-21)31-16-24(28)26-23-7-3-5-17-4-1-2-6-22(17)23/h1-2,4,6,8-15,23,27H,3,5,7,16H2,(H,26,28). The van der Waals surface area contributed by atoms with Gasteiger partial charge in [-0.15, -0.1) is 0 Å². The van der Waals surface area contributed by atoms with E-state index in [0.717, 1.165) is 24.8 Å². The lowest BCUT2D eigenvalue weighted by Crippen LogP contribution is -2.34. The molecule has 1 aliphatic carbocycles. The van der Waals surface area contributed by atoms with E-state index < -0.39 is 10.0 Å². The topological polar surface area (TPSA) is 84.5 Å². The molecule has 4 rings (SSSR count). The van der Waals surface area contributed by atoms with Gasteiger partial charge in [0.15, 0.2) is 6.61 Å². The second-order valence-corrected chi connectivity index (χ2v) is 9.70. The number of amides is 1. The minimum absolute atomic E-state index is 0.0116. The van der Waals surface area contributed by atoms with Gasteiger partial charge in [-0.2, -0.15) is 0 Å². The monoisotopic (exact) mass is 470 g/mol. The number of nitrogens with one attached hydrogen (secondary N) is 2. The van der Waals surface area contributed by atoms with Crippen LogP contribution in [0.1, 0.15) is 30.0 Å². The number of anilines is 1. The number of hydrogen-bond acceptors (Lipinski definition) is 4. The second-order valence-electron chi connectivity index (χ2n) is 7.58. The molecule has 32 heavy (non-hydrogen) atoms. The molecule has 8 heteroatoms. The van der Waals surface area contributed by atoms with Crippen LogP contribution < -0.4 is 14.8 Å². The predicted molar refractivity (Wildman–Crippen MR) is 124 cm³/mol. The van der Waals surface area contributed by atoms with Gasteiger partial charge in [-0.3, -0.25) is 9.52 Å². The number of sulfonamides is 1. The van der Waals surface area contributed by atoms with Crippen LogP contribution in [0.5, 0.6) is 5.75 Å². The maximum absolute atomic E-state index is 12.5. The zero-order chi connectivity index (χ0) is 22.6. The summed E-state index contributed by atoms with van der Waals surface area (Å²) in [6.45, 7) is -0.145. The SMILES string of the molecule is O=C(COc1ccc(S(=O)(=O)Nc2ccc(Cl)cc2)cc1)NC1CCCc2ccccc21. The number of ether oxygens (including phenoxy) is 1. The summed E-state index contributed by atoms with van der Waals surface area (Å²) in [6.07, 6.45) is 2.96. The molecule has 1 atom stereocenters. The molecular formula is C24H23ClN2O4S. The molecule has 3 aromatic carbocycles. The molecule has 0 radical (unpaired) electrons. The van der Waals surface area contributed by atoms with Crippen LogP contribution >= 0.6 is 11.6 Å². The maximum atomic E-state index is 12.5. The van der Waals surface area contributed by atoms with Gasteiger partial charge < -0.3 is 10.1 Å². The smallest absolute Gasteiger partial charge is 0.261 e. The van der Waals surface area contributed by atoms with Gasteiger partial charge in [0, 0.05) is 10.7 Å². The minimum Gasteiger partial charge on any atom is -0.484 e. The Bertz CT molecular complexity index is 1200. The molecule has 1 unspecified atom stereocenters. The van der Waals surface area contributed by atoms with E-state index in [1.165, 1.54) is 29.8 Å². The Balaban J connectivity index is 1.33. The van der Waals surface area contributed by atoms with Crippen molar-refractivity contribution in [1.82, 2.24) is 5.32 Å². The molecule has 3 aromatic rings. The average Bonchev–Trinajstić information content (AvgIpc) is 2.80. The Labute approximate surface area is 192 Å². The zero-order valence-corrected chi connectivity index (χ0v) is 18.8. The Morgan fingerprint density at radius 2 is 1.72 bits per heavy atom. The first-order chi connectivity index (χ1) is 15.4. The molecule has 0 heterocycles. The molecule has 2 N–H and O–H groups in total. The maximum Gasteiger partial charge on any atom is 0.261 e. The lowest BCUT2D eigenvalue weighted by Gasteiger charge is -2.26. The van der Waals surface area contributed by atoms with Gasteiger partial charge in [0.05, 0.1) is 10.9 Å². The first-order valence-corrected chi connectivity index (χ1v) is 12.2. The average molecular weight is 471 g/mol. The van der Waals surface area contributed by atoms with Gasteiger partial charge in [-0.25, -0.2) is 8.42 Å². The summed E-state index contributed by atoms with van der Waals surface area (Å²) < 4.78 is 33.1. The number of fused-ring (bicyclic) bond motifs is 1. The Kier molecular flexibility index (Phi) is 6.67. The molecule has 1 amide bonds. The highest BCUT2D eigenvalue weighted by Gasteiger charge is 2.21. The first-order valence-electron chi connectivity index (χ1n) is 10.3. The third-order valence-corrected chi connectivity index (χ3v) is 6.95. The number of aryl methyl sites for hydroxylation is 1. The minimum atomic E-state index is -3.75. The van der Waals surface area contributed by atoms with E-state index in [1.54, 1.807) is 24.3 Å². The van der Waals surface area contributed by atoms with Crippen molar-refractivity contribution in [3.05, 3.63) is 88.9 Å². The normalized spacial score (nSPS) is 15.5. The number of hydrogen-bond donors (Lipinski definition) is 2. The quantitative estimate of drug-likeness (QED) is 0.523. The predicted octanol–water partition coefficient (Wildman–Crippen LogP) is 4.71. The Hall–Kier alpha value is -3.03. The van der Waals surface area contributed by atoms with Crippen molar-refractivity contribution < 1.29 is 17.9 Å². The summed E-state index contributed by atoms with van der Waals surface area (Å²) in [7, 11) is -3.75. The highest BCUT2D eigenvalue weighted by Crippen LogP contribution is 2.29.